The first-order valence-electron chi connectivity index (χ1n) is 7.50. The summed E-state index contributed by atoms with van der Waals surface area (Å²) in [5, 5.41) is 0. The van der Waals surface area contributed by atoms with Crippen molar-refractivity contribution in [2.24, 2.45) is 5.41 Å². The SMILES string of the molecule is CN(C)CCC(=O)C(C)(C)C1(c2ccc(F)cc2)OC(=O)C(=O)O1. The Labute approximate surface area is 139 Å². The number of ether oxygens (including phenoxy) is 2. The molecule has 1 aromatic rings. The molecular formula is C17H20FNO5. The normalized spacial score (nSPS) is 16.9. The third kappa shape index (κ3) is 3.03. The third-order valence-electron chi connectivity index (χ3n) is 4.17. The number of Topliss-reactive ketones (excluding diaryl/α,β-unsaturated/α-hetero) is 1. The zero-order valence-corrected chi connectivity index (χ0v) is 14.1. The van der Waals surface area contributed by atoms with Gasteiger partial charge in [-0.2, -0.15) is 0 Å². The van der Waals surface area contributed by atoms with E-state index in [1.165, 1.54) is 12.1 Å². The van der Waals surface area contributed by atoms with Gasteiger partial charge >= 0.3 is 11.9 Å². The van der Waals surface area contributed by atoms with E-state index in [-0.39, 0.29) is 17.8 Å². The lowest BCUT2D eigenvalue weighted by Crippen LogP contribution is -2.49. The number of nitrogens with zero attached hydrogens (tertiary/aromatic N) is 1. The van der Waals surface area contributed by atoms with Gasteiger partial charge in [-0.1, -0.05) is 0 Å². The van der Waals surface area contributed by atoms with Crippen molar-refractivity contribution in [3.05, 3.63) is 35.6 Å². The molecule has 0 amide bonds. The minimum absolute atomic E-state index is 0.179. The molecule has 0 unspecified atom stereocenters. The maximum Gasteiger partial charge on any atom is 0.421 e. The predicted molar refractivity (Wildman–Crippen MR) is 82.2 cm³/mol. The largest absolute Gasteiger partial charge is 0.421 e. The summed E-state index contributed by atoms with van der Waals surface area (Å²) in [5.41, 5.74) is -1.12. The fourth-order valence-corrected chi connectivity index (χ4v) is 2.59. The number of carbonyl (C=O) groups excluding carboxylic acids is 3. The number of halogens is 1. The van der Waals surface area contributed by atoms with Crippen LogP contribution in [0.15, 0.2) is 24.3 Å². The fraction of sp³-hybridized carbons (Fsp3) is 0.471. The smallest absolute Gasteiger partial charge is 0.408 e. The van der Waals surface area contributed by atoms with Crippen molar-refractivity contribution in [1.82, 2.24) is 4.90 Å². The molecule has 0 radical (unpaired) electrons. The Hall–Kier alpha value is -2.28. The maximum absolute atomic E-state index is 13.2. The molecular weight excluding hydrogens is 317 g/mol. The lowest BCUT2D eigenvalue weighted by Gasteiger charge is -2.39. The van der Waals surface area contributed by atoms with Crippen LogP contribution in [0, 0.1) is 11.2 Å². The molecule has 24 heavy (non-hydrogen) atoms. The molecule has 6 nitrogen and oxygen atoms in total. The van der Waals surface area contributed by atoms with Gasteiger partial charge in [0, 0.05) is 18.5 Å². The summed E-state index contributed by atoms with van der Waals surface area (Å²) in [6.45, 7) is 3.57. The molecule has 0 aromatic heterocycles. The van der Waals surface area contributed by atoms with Crippen LogP contribution in [-0.4, -0.2) is 43.3 Å². The Balaban J connectivity index is 2.46. The highest BCUT2D eigenvalue weighted by atomic mass is 19.1. The van der Waals surface area contributed by atoms with E-state index in [9.17, 15) is 18.8 Å². The third-order valence-corrected chi connectivity index (χ3v) is 4.17. The highest BCUT2D eigenvalue weighted by Crippen LogP contribution is 2.48. The van der Waals surface area contributed by atoms with E-state index in [1.54, 1.807) is 13.8 Å². The van der Waals surface area contributed by atoms with Crippen LogP contribution < -0.4 is 0 Å². The van der Waals surface area contributed by atoms with E-state index in [0.717, 1.165) is 12.1 Å². The first kappa shape index (κ1) is 18.1. The summed E-state index contributed by atoms with van der Waals surface area (Å²) in [4.78, 5) is 37.9. The van der Waals surface area contributed by atoms with Crippen LogP contribution in [0.3, 0.4) is 0 Å². The van der Waals surface area contributed by atoms with Gasteiger partial charge in [-0.05, 0) is 52.2 Å². The number of carbonyl (C=O) groups is 3. The molecule has 1 saturated heterocycles. The van der Waals surface area contributed by atoms with Crippen molar-refractivity contribution in [3.63, 3.8) is 0 Å². The highest BCUT2D eigenvalue weighted by Gasteiger charge is 2.62. The van der Waals surface area contributed by atoms with Gasteiger partial charge < -0.3 is 14.4 Å². The van der Waals surface area contributed by atoms with Gasteiger partial charge in [0.2, 0.25) is 0 Å². The number of cyclic esters (lactones) is 2. The van der Waals surface area contributed by atoms with Gasteiger partial charge in [-0.3, -0.25) is 4.79 Å². The summed E-state index contributed by atoms with van der Waals surface area (Å²) in [5.74, 6) is -5.00. The molecule has 1 fully saturated rings. The van der Waals surface area contributed by atoms with Crippen LogP contribution in [0.5, 0.6) is 0 Å². The van der Waals surface area contributed by atoms with Crippen molar-refractivity contribution in [2.75, 3.05) is 20.6 Å². The van der Waals surface area contributed by atoms with E-state index in [0.29, 0.717) is 6.54 Å². The van der Waals surface area contributed by atoms with Crippen LogP contribution in [0.1, 0.15) is 25.8 Å². The Bertz CT molecular complexity index is 650. The Morgan fingerprint density at radius 3 is 2.08 bits per heavy atom. The van der Waals surface area contributed by atoms with Crippen molar-refractivity contribution < 1.29 is 28.2 Å². The van der Waals surface area contributed by atoms with Crippen LogP contribution in [0.2, 0.25) is 0 Å². The lowest BCUT2D eigenvalue weighted by atomic mass is 9.74. The van der Waals surface area contributed by atoms with Gasteiger partial charge in [0.25, 0.3) is 5.79 Å². The number of hydrogen-bond acceptors (Lipinski definition) is 6. The lowest BCUT2D eigenvalue weighted by molar-refractivity contribution is -0.230. The molecule has 1 aliphatic heterocycles. The molecule has 0 aliphatic carbocycles. The number of hydrogen-bond donors (Lipinski definition) is 0. The quantitative estimate of drug-likeness (QED) is 0.580. The van der Waals surface area contributed by atoms with Crippen molar-refractivity contribution in [3.8, 4) is 0 Å². The number of rotatable bonds is 6. The summed E-state index contributed by atoms with van der Waals surface area (Å²) in [6.07, 6.45) is 0.179. The van der Waals surface area contributed by atoms with Gasteiger partial charge in [-0.25, -0.2) is 14.0 Å². The molecule has 1 heterocycles. The standard InChI is InChI=1S/C17H20FNO5/c1-16(2,13(20)9-10-19(3)4)17(23-14(21)15(22)24-17)11-5-7-12(18)8-6-11/h5-8H,9-10H2,1-4H3. The Kier molecular flexibility index (Phi) is 4.75. The first-order valence-corrected chi connectivity index (χ1v) is 7.50. The summed E-state index contributed by atoms with van der Waals surface area (Å²) in [7, 11) is 3.65. The van der Waals surface area contributed by atoms with Crippen LogP contribution >= 0.6 is 0 Å². The van der Waals surface area contributed by atoms with E-state index in [1.807, 2.05) is 19.0 Å². The van der Waals surface area contributed by atoms with Gasteiger partial charge in [0.1, 0.15) is 17.0 Å². The van der Waals surface area contributed by atoms with Crippen molar-refractivity contribution >= 4 is 17.7 Å². The van der Waals surface area contributed by atoms with Crippen molar-refractivity contribution in [1.29, 1.82) is 0 Å². The average molecular weight is 337 g/mol. The second-order valence-corrected chi connectivity index (χ2v) is 6.50. The molecule has 0 saturated carbocycles. The van der Waals surface area contributed by atoms with Crippen molar-refractivity contribution in [2.45, 2.75) is 26.1 Å². The topological polar surface area (TPSA) is 72.9 Å². The molecule has 0 bridgehead atoms. The zero-order valence-electron chi connectivity index (χ0n) is 14.1. The summed E-state index contributed by atoms with van der Waals surface area (Å²) >= 11 is 0. The molecule has 1 aromatic carbocycles. The average Bonchev–Trinajstić information content (AvgIpc) is 2.82. The number of ketones is 1. The van der Waals surface area contributed by atoms with E-state index >= 15 is 0 Å². The molecule has 1 aliphatic rings. The highest BCUT2D eigenvalue weighted by molar-refractivity contribution is 6.31. The second-order valence-electron chi connectivity index (χ2n) is 6.50. The minimum atomic E-state index is -1.90. The van der Waals surface area contributed by atoms with Gasteiger partial charge in [0.15, 0.2) is 0 Å². The van der Waals surface area contributed by atoms with E-state index in [4.69, 9.17) is 9.47 Å². The number of esters is 2. The molecule has 2 rings (SSSR count). The van der Waals surface area contributed by atoms with E-state index < -0.39 is 29.0 Å². The van der Waals surface area contributed by atoms with Crippen LogP contribution in [0.25, 0.3) is 0 Å². The molecule has 0 atom stereocenters. The Morgan fingerprint density at radius 2 is 1.62 bits per heavy atom. The van der Waals surface area contributed by atoms with Gasteiger partial charge in [-0.15, -0.1) is 0 Å². The molecule has 130 valence electrons. The zero-order chi connectivity index (χ0) is 18.1. The molecule has 0 spiro atoms. The molecule has 7 heteroatoms. The van der Waals surface area contributed by atoms with Crippen LogP contribution in [-0.2, 0) is 29.6 Å². The Morgan fingerprint density at radius 1 is 1.12 bits per heavy atom. The minimum Gasteiger partial charge on any atom is -0.408 e. The fourth-order valence-electron chi connectivity index (χ4n) is 2.59. The first-order chi connectivity index (χ1) is 11.1. The maximum atomic E-state index is 13.2. The summed E-state index contributed by atoms with van der Waals surface area (Å²) in [6, 6.07) is 4.97. The second kappa shape index (κ2) is 6.32. The van der Waals surface area contributed by atoms with E-state index in [2.05, 4.69) is 0 Å². The predicted octanol–water partition coefficient (Wildman–Crippen LogP) is 1.63. The number of benzene rings is 1. The molecule has 0 N–H and O–H groups in total. The summed E-state index contributed by atoms with van der Waals surface area (Å²) < 4.78 is 23.7. The monoisotopic (exact) mass is 337 g/mol. The van der Waals surface area contributed by atoms with Gasteiger partial charge in [0.05, 0.1) is 0 Å². The van der Waals surface area contributed by atoms with Crippen LogP contribution in [0.4, 0.5) is 4.39 Å².